The second-order valence-corrected chi connectivity index (χ2v) is 12.4. The molecule has 45 heavy (non-hydrogen) atoms. The average Bonchev–Trinajstić information content (AvgIpc) is 3.47. The third kappa shape index (κ3) is 8.18. The summed E-state index contributed by atoms with van der Waals surface area (Å²) < 4.78 is 38.9. The summed E-state index contributed by atoms with van der Waals surface area (Å²) in [5, 5.41) is 34.7. The number of rotatable bonds is 16. The molecule has 0 aliphatic carbocycles. The van der Waals surface area contributed by atoms with Gasteiger partial charge in [0.15, 0.2) is 21.5 Å². The van der Waals surface area contributed by atoms with E-state index in [0.717, 1.165) is 0 Å². The Morgan fingerprint density at radius 2 is 1.80 bits per heavy atom. The van der Waals surface area contributed by atoms with Gasteiger partial charge in [-0.2, -0.15) is 0 Å². The first-order chi connectivity index (χ1) is 21.7. The lowest BCUT2D eigenvalue weighted by molar-refractivity contribution is -0.129. The maximum atomic E-state index is 14.1. The lowest BCUT2D eigenvalue weighted by Crippen LogP contribution is -2.51. The third-order valence-electron chi connectivity index (χ3n) is 7.24. The molecule has 0 saturated heterocycles. The van der Waals surface area contributed by atoms with Gasteiger partial charge in [-0.05, 0) is 53.1 Å². The molecule has 0 fully saturated rings. The summed E-state index contributed by atoms with van der Waals surface area (Å²) in [6.45, 7) is -0.682. The van der Waals surface area contributed by atoms with E-state index in [1.54, 1.807) is 66.7 Å². The molecule has 0 bridgehead atoms. The van der Waals surface area contributed by atoms with E-state index in [9.17, 15) is 23.4 Å². The standard InChI is InChI=1S/C31H35N5O8S/c32-36-34-19-23-7-4-5-10-27(23)28-31(30(40)33-20-24(39)21-38,15-18-45(41,42)26-8-2-1-3-9-26)35-29(44-28)22-11-13-25(14-12-22)43-17-6-16-37/h1-5,7-14,24,28,37-39H,6,15-21H2,(H,33,40)/t24?,28-,31-/m0/s1. The van der Waals surface area contributed by atoms with E-state index in [-0.39, 0.29) is 36.9 Å². The van der Waals surface area contributed by atoms with Crippen molar-refractivity contribution in [1.82, 2.24) is 5.32 Å². The molecule has 3 aromatic rings. The highest BCUT2D eigenvalue weighted by Gasteiger charge is 2.54. The summed E-state index contributed by atoms with van der Waals surface area (Å²) in [6.07, 6.45) is -2.27. The molecule has 1 amide bonds. The largest absolute Gasteiger partial charge is 0.494 e. The van der Waals surface area contributed by atoms with Crippen molar-refractivity contribution in [3.05, 3.63) is 106 Å². The molecule has 4 rings (SSSR count). The number of hydrogen-bond acceptors (Lipinski definition) is 10. The number of nitrogens with zero attached hydrogens (tertiary/aromatic N) is 4. The first-order valence-corrected chi connectivity index (χ1v) is 15.9. The third-order valence-corrected chi connectivity index (χ3v) is 8.97. The van der Waals surface area contributed by atoms with E-state index in [1.165, 1.54) is 12.1 Å². The van der Waals surface area contributed by atoms with Gasteiger partial charge < -0.3 is 30.1 Å². The first kappa shape index (κ1) is 33.4. The fourth-order valence-electron chi connectivity index (χ4n) is 4.85. The lowest BCUT2D eigenvalue weighted by atomic mass is 9.83. The fraction of sp³-hybridized carbons (Fsp3) is 0.355. The number of aliphatic hydroxyl groups excluding tert-OH is 3. The van der Waals surface area contributed by atoms with Crippen LogP contribution in [0.25, 0.3) is 10.4 Å². The van der Waals surface area contributed by atoms with E-state index in [2.05, 4.69) is 15.3 Å². The molecule has 0 spiro atoms. The van der Waals surface area contributed by atoms with Crippen molar-refractivity contribution in [2.24, 2.45) is 10.1 Å². The quantitative estimate of drug-likeness (QED) is 0.0794. The lowest BCUT2D eigenvalue weighted by Gasteiger charge is -2.32. The van der Waals surface area contributed by atoms with Crippen molar-refractivity contribution in [3.63, 3.8) is 0 Å². The predicted octanol–water partition coefficient (Wildman–Crippen LogP) is 2.85. The van der Waals surface area contributed by atoms with Crippen LogP contribution < -0.4 is 10.1 Å². The molecule has 0 aromatic heterocycles. The number of azide groups is 1. The van der Waals surface area contributed by atoms with Crippen molar-refractivity contribution in [1.29, 1.82) is 0 Å². The zero-order valence-corrected chi connectivity index (χ0v) is 25.2. The van der Waals surface area contributed by atoms with Gasteiger partial charge in [-0.15, -0.1) is 0 Å². The number of sulfone groups is 1. The molecule has 4 N–H and O–H groups in total. The number of carbonyl (C=O) groups excluding carboxylic acids is 1. The zero-order valence-electron chi connectivity index (χ0n) is 24.4. The first-order valence-electron chi connectivity index (χ1n) is 14.3. The number of aliphatic hydroxyl groups is 3. The van der Waals surface area contributed by atoms with Crippen molar-refractivity contribution < 1.29 is 38.0 Å². The second kappa shape index (κ2) is 15.5. The van der Waals surface area contributed by atoms with E-state index >= 15 is 0 Å². The number of hydrogen-bond donors (Lipinski definition) is 4. The molecular formula is C31H35N5O8S. The van der Waals surface area contributed by atoms with Crippen molar-refractivity contribution in [2.45, 2.75) is 42.0 Å². The van der Waals surface area contributed by atoms with E-state index in [1.807, 2.05) is 0 Å². The number of carbonyl (C=O) groups is 1. The van der Waals surface area contributed by atoms with E-state index < -0.39 is 45.9 Å². The molecule has 238 valence electrons. The van der Waals surface area contributed by atoms with Crippen LogP contribution >= 0.6 is 0 Å². The number of aliphatic imine (C=N–C) groups is 1. The van der Waals surface area contributed by atoms with Gasteiger partial charge >= 0.3 is 0 Å². The molecule has 1 aliphatic rings. The Morgan fingerprint density at radius 1 is 1.09 bits per heavy atom. The minimum Gasteiger partial charge on any atom is -0.494 e. The summed E-state index contributed by atoms with van der Waals surface area (Å²) in [6, 6.07) is 21.4. The Morgan fingerprint density at radius 3 is 2.49 bits per heavy atom. The Hall–Kier alpha value is -4.46. The van der Waals surface area contributed by atoms with Gasteiger partial charge in [0.25, 0.3) is 5.91 Å². The summed E-state index contributed by atoms with van der Waals surface area (Å²) in [5.41, 5.74) is 8.63. The van der Waals surface area contributed by atoms with Gasteiger partial charge in [0.1, 0.15) is 5.75 Å². The summed E-state index contributed by atoms with van der Waals surface area (Å²) in [7, 11) is -3.88. The second-order valence-electron chi connectivity index (χ2n) is 10.3. The maximum Gasteiger partial charge on any atom is 0.252 e. The van der Waals surface area contributed by atoms with Crippen LogP contribution in [0.15, 0.2) is 93.9 Å². The SMILES string of the molecule is [N-]=[N+]=NCc1ccccc1[C@@H]1OC(c2ccc(OCCCO)cc2)=N[C@]1(CCS(=O)(=O)c1ccccc1)C(=O)NCC(O)CO. The van der Waals surface area contributed by atoms with E-state index in [0.29, 0.717) is 35.5 Å². The topological polar surface area (TPSA) is 204 Å². The fourth-order valence-corrected chi connectivity index (χ4v) is 6.24. The van der Waals surface area contributed by atoms with Crippen LogP contribution in [0.4, 0.5) is 0 Å². The Balaban J connectivity index is 1.82. The Labute approximate surface area is 260 Å². The predicted molar refractivity (Wildman–Crippen MR) is 165 cm³/mol. The minimum absolute atomic E-state index is 0.00918. The number of ether oxygens (including phenoxy) is 2. The normalized spacial score (nSPS) is 18.3. The van der Waals surface area contributed by atoms with Crippen LogP contribution in [-0.4, -0.2) is 79.3 Å². The van der Waals surface area contributed by atoms with Gasteiger partial charge in [0.2, 0.25) is 5.90 Å². The van der Waals surface area contributed by atoms with Crippen molar-refractivity contribution in [2.75, 3.05) is 32.1 Å². The molecule has 3 aromatic carbocycles. The molecule has 0 saturated carbocycles. The highest BCUT2D eigenvalue weighted by Crippen LogP contribution is 2.44. The van der Waals surface area contributed by atoms with Crippen LogP contribution in [-0.2, 0) is 25.9 Å². The van der Waals surface area contributed by atoms with Gasteiger partial charge in [0.05, 0.1) is 36.5 Å². The Kier molecular flexibility index (Phi) is 11.5. The minimum atomic E-state index is -3.88. The van der Waals surface area contributed by atoms with Crippen molar-refractivity contribution in [3.8, 4) is 5.75 Å². The van der Waals surface area contributed by atoms with Crippen LogP contribution in [0, 0.1) is 0 Å². The molecule has 1 aliphatic heterocycles. The molecule has 1 unspecified atom stereocenters. The zero-order chi connectivity index (χ0) is 32.3. The molecule has 13 nitrogen and oxygen atoms in total. The van der Waals surface area contributed by atoms with Crippen LogP contribution in [0.5, 0.6) is 5.75 Å². The summed E-state index contributed by atoms with van der Waals surface area (Å²) >= 11 is 0. The van der Waals surface area contributed by atoms with Gasteiger partial charge in [0, 0.05) is 36.5 Å². The van der Waals surface area contributed by atoms with Crippen LogP contribution in [0.1, 0.15) is 35.6 Å². The number of benzene rings is 3. The number of nitrogens with one attached hydrogen (secondary N) is 1. The molecule has 3 atom stereocenters. The van der Waals surface area contributed by atoms with Crippen LogP contribution in [0.2, 0.25) is 0 Å². The van der Waals surface area contributed by atoms with Crippen LogP contribution in [0.3, 0.4) is 0 Å². The van der Waals surface area contributed by atoms with Crippen molar-refractivity contribution >= 4 is 21.6 Å². The maximum absolute atomic E-state index is 14.1. The van der Waals surface area contributed by atoms with Gasteiger partial charge in [-0.3, -0.25) is 4.79 Å². The smallest absolute Gasteiger partial charge is 0.252 e. The monoisotopic (exact) mass is 637 g/mol. The number of amides is 1. The Bertz CT molecular complexity index is 1630. The summed E-state index contributed by atoms with van der Waals surface area (Å²) in [4.78, 5) is 21.8. The summed E-state index contributed by atoms with van der Waals surface area (Å²) in [5.74, 6) is -0.589. The average molecular weight is 638 g/mol. The molecular weight excluding hydrogens is 602 g/mol. The van der Waals surface area contributed by atoms with Gasteiger partial charge in [-0.25, -0.2) is 13.4 Å². The molecule has 14 heteroatoms. The van der Waals surface area contributed by atoms with E-state index in [4.69, 9.17) is 25.1 Å². The molecule has 0 radical (unpaired) electrons. The highest BCUT2D eigenvalue weighted by atomic mass is 32.2. The van der Waals surface area contributed by atoms with Gasteiger partial charge in [-0.1, -0.05) is 47.6 Å². The highest BCUT2D eigenvalue weighted by molar-refractivity contribution is 7.91. The molecule has 1 heterocycles.